The van der Waals surface area contributed by atoms with Crippen molar-refractivity contribution in [2.75, 3.05) is 45.8 Å². The molecule has 1 N–H and O–H groups in total. The van der Waals surface area contributed by atoms with Crippen molar-refractivity contribution in [1.29, 1.82) is 0 Å². The normalized spacial score (nSPS) is 23.2. The minimum Gasteiger partial charge on any atom is -0.340 e. The maximum atomic E-state index is 11.2. The van der Waals surface area contributed by atoms with E-state index in [0.717, 1.165) is 32.1 Å². The van der Waals surface area contributed by atoms with Crippen LogP contribution in [0.3, 0.4) is 0 Å². The van der Waals surface area contributed by atoms with Crippen LogP contribution in [0.15, 0.2) is 0 Å². The van der Waals surface area contributed by atoms with Crippen LogP contribution in [0.2, 0.25) is 0 Å². The first-order valence-electron chi connectivity index (χ1n) is 6.44. The first kappa shape index (κ1) is 14.7. The minimum atomic E-state index is 0. The van der Waals surface area contributed by atoms with E-state index in [1.165, 1.54) is 32.5 Å². The average molecular weight is 262 g/mol. The van der Waals surface area contributed by atoms with Crippen molar-refractivity contribution in [1.82, 2.24) is 15.1 Å². The van der Waals surface area contributed by atoms with Crippen molar-refractivity contribution in [3.05, 3.63) is 0 Å². The number of hydrogen-bond acceptors (Lipinski definition) is 3. The average Bonchev–Trinajstić information content (AvgIpc) is 2.31. The molecular formula is C12H24ClN3O. The molecule has 0 spiro atoms. The molecule has 0 bridgehead atoms. The summed E-state index contributed by atoms with van der Waals surface area (Å²) >= 11 is 0. The molecule has 1 amide bonds. The number of nitrogens with zero attached hydrogens (tertiary/aromatic N) is 2. The van der Waals surface area contributed by atoms with Gasteiger partial charge in [0.2, 0.25) is 5.91 Å². The third-order valence-corrected chi connectivity index (χ3v) is 3.79. The summed E-state index contributed by atoms with van der Waals surface area (Å²) in [6.07, 6.45) is 2.62. The summed E-state index contributed by atoms with van der Waals surface area (Å²) in [5.74, 6) is 1.09. The van der Waals surface area contributed by atoms with E-state index in [1.807, 2.05) is 4.90 Å². The van der Waals surface area contributed by atoms with Gasteiger partial charge in [-0.25, -0.2) is 0 Å². The summed E-state index contributed by atoms with van der Waals surface area (Å²) in [5, 5.41) is 3.40. The van der Waals surface area contributed by atoms with E-state index in [4.69, 9.17) is 0 Å². The Morgan fingerprint density at radius 3 is 2.29 bits per heavy atom. The molecule has 0 aromatic carbocycles. The highest BCUT2D eigenvalue weighted by Crippen LogP contribution is 2.14. The molecule has 2 saturated heterocycles. The van der Waals surface area contributed by atoms with E-state index in [0.29, 0.717) is 0 Å². The van der Waals surface area contributed by atoms with Crippen LogP contribution in [0.4, 0.5) is 0 Å². The van der Waals surface area contributed by atoms with Gasteiger partial charge in [0, 0.05) is 39.6 Å². The largest absolute Gasteiger partial charge is 0.340 e. The van der Waals surface area contributed by atoms with Crippen molar-refractivity contribution in [2.45, 2.75) is 19.8 Å². The second-order valence-corrected chi connectivity index (χ2v) is 5.00. The van der Waals surface area contributed by atoms with Crippen molar-refractivity contribution in [3.8, 4) is 0 Å². The molecule has 2 fully saturated rings. The van der Waals surface area contributed by atoms with E-state index in [9.17, 15) is 4.79 Å². The molecule has 0 unspecified atom stereocenters. The Balaban J connectivity index is 0.00000144. The van der Waals surface area contributed by atoms with Crippen molar-refractivity contribution < 1.29 is 4.79 Å². The summed E-state index contributed by atoms with van der Waals surface area (Å²) in [7, 11) is 0. The number of carbonyl (C=O) groups is 1. The molecule has 2 aliphatic rings. The predicted molar refractivity (Wildman–Crippen MR) is 71.5 cm³/mol. The Morgan fingerprint density at radius 1 is 1.18 bits per heavy atom. The highest BCUT2D eigenvalue weighted by molar-refractivity contribution is 5.85. The van der Waals surface area contributed by atoms with E-state index in [-0.39, 0.29) is 18.3 Å². The molecule has 2 heterocycles. The van der Waals surface area contributed by atoms with Crippen LogP contribution in [0.25, 0.3) is 0 Å². The van der Waals surface area contributed by atoms with Gasteiger partial charge < -0.3 is 10.2 Å². The van der Waals surface area contributed by atoms with Gasteiger partial charge in [-0.05, 0) is 31.8 Å². The molecule has 5 heteroatoms. The first-order valence-corrected chi connectivity index (χ1v) is 6.44. The fourth-order valence-electron chi connectivity index (χ4n) is 2.67. The summed E-state index contributed by atoms with van der Waals surface area (Å²) in [6.45, 7) is 9.21. The van der Waals surface area contributed by atoms with Crippen LogP contribution in [-0.2, 0) is 4.79 Å². The van der Waals surface area contributed by atoms with E-state index in [1.54, 1.807) is 6.92 Å². The van der Waals surface area contributed by atoms with E-state index >= 15 is 0 Å². The van der Waals surface area contributed by atoms with Crippen LogP contribution < -0.4 is 5.32 Å². The Kier molecular flexibility index (Phi) is 6.23. The van der Waals surface area contributed by atoms with Gasteiger partial charge in [-0.2, -0.15) is 0 Å². The molecule has 0 aromatic rings. The number of rotatable bonds is 2. The second kappa shape index (κ2) is 7.19. The van der Waals surface area contributed by atoms with Gasteiger partial charge in [0.05, 0.1) is 0 Å². The third-order valence-electron chi connectivity index (χ3n) is 3.79. The van der Waals surface area contributed by atoms with Crippen LogP contribution in [0, 0.1) is 5.92 Å². The summed E-state index contributed by atoms with van der Waals surface area (Å²) in [6, 6.07) is 0. The highest BCUT2D eigenvalue weighted by atomic mass is 35.5. The third kappa shape index (κ3) is 4.45. The molecule has 0 aliphatic carbocycles. The van der Waals surface area contributed by atoms with Crippen LogP contribution in [0.5, 0.6) is 0 Å². The minimum absolute atomic E-state index is 0. The van der Waals surface area contributed by atoms with Crippen LogP contribution in [0.1, 0.15) is 19.8 Å². The fraction of sp³-hybridized carbons (Fsp3) is 0.917. The lowest BCUT2D eigenvalue weighted by molar-refractivity contribution is -0.130. The van der Waals surface area contributed by atoms with Gasteiger partial charge in [-0.1, -0.05) is 0 Å². The Morgan fingerprint density at radius 2 is 1.76 bits per heavy atom. The van der Waals surface area contributed by atoms with Gasteiger partial charge in [0.15, 0.2) is 0 Å². The maximum absolute atomic E-state index is 11.2. The monoisotopic (exact) mass is 261 g/mol. The molecule has 2 rings (SSSR count). The number of hydrogen-bond donors (Lipinski definition) is 1. The van der Waals surface area contributed by atoms with Gasteiger partial charge in [-0.3, -0.25) is 9.69 Å². The number of carbonyl (C=O) groups excluding carboxylic acids is 1. The standard InChI is InChI=1S/C12H23N3O.ClH/c1-11(16)15-8-6-14(7-9-15)10-12-2-4-13-5-3-12;/h12-13H,2-10H2,1H3;1H. The number of halogens is 1. The summed E-state index contributed by atoms with van der Waals surface area (Å²) in [4.78, 5) is 15.7. The lowest BCUT2D eigenvalue weighted by atomic mass is 9.97. The van der Waals surface area contributed by atoms with Crippen LogP contribution >= 0.6 is 12.4 Å². The topological polar surface area (TPSA) is 35.6 Å². The second-order valence-electron chi connectivity index (χ2n) is 5.00. The molecular weight excluding hydrogens is 238 g/mol. The maximum Gasteiger partial charge on any atom is 0.219 e. The SMILES string of the molecule is CC(=O)N1CCN(CC2CCNCC2)CC1.Cl. The molecule has 0 radical (unpaired) electrons. The molecule has 0 saturated carbocycles. The number of piperazine rings is 1. The van der Waals surface area contributed by atoms with E-state index < -0.39 is 0 Å². The first-order chi connectivity index (χ1) is 7.75. The van der Waals surface area contributed by atoms with Gasteiger partial charge >= 0.3 is 0 Å². The zero-order valence-electron chi connectivity index (χ0n) is 10.7. The zero-order chi connectivity index (χ0) is 11.4. The molecule has 17 heavy (non-hydrogen) atoms. The molecule has 2 aliphatic heterocycles. The van der Waals surface area contributed by atoms with Gasteiger partial charge in [0.1, 0.15) is 0 Å². The highest BCUT2D eigenvalue weighted by Gasteiger charge is 2.21. The lowest BCUT2D eigenvalue weighted by Crippen LogP contribution is -2.49. The molecule has 0 aromatic heterocycles. The quantitative estimate of drug-likeness (QED) is 0.790. The van der Waals surface area contributed by atoms with Crippen molar-refractivity contribution >= 4 is 18.3 Å². The van der Waals surface area contributed by atoms with Gasteiger partial charge in [0.25, 0.3) is 0 Å². The Labute approximate surface area is 110 Å². The smallest absolute Gasteiger partial charge is 0.219 e. The summed E-state index contributed by atoms with van der Waals surface area (Å²) < 4.78 is 0. The number of nitrogens with one attached hydrogen (secondary N) is 1. The summed E-state index contributed by atoms with van der Waals surface area (Å²) in [5.41, 5.74) is 0. The number of amides is 1. The van der Waals surface area contributed by atoms with Crippen molar-refractivity contribution in [3.63, 3.8) is 0 Å². The zero-order valence-corrected chi connectivity index (χ0v) is 11.5. The Hall–Kier alpha value is -0.320. The molecule has 100 valence electrons. The fourth-order valence-corrected chi connectivity index (χ4v) is 2.67. The van der Waals surface area contributed by atoms with Gasteiger partial charge in [-0.15, -0.1) is 12.4 Å². The Bertz CT molecular complexity index is 236. The van der Waals surface area contributed by atoms with Crippen molar-refractivity contribution in [2.24, 2.45) is 5.92 Å². The molecule has 4 nitrogen and oxygen atoms in total. The molecule has 0 atom stereocenters. The number of piperidine rings is 1. The van der Waals surface area contributed by atoms with E-state index in [2.05, 4.69) is 10.2 Å². The van der Waals surface area contributed by atoms with Crippen LogP contribution in [-0.4, -0.2) is 61.5 Å². The lowest BCUT2D eigenvalue weighted by Gasteiger charge is -2.36. The predicted octanol–water partition coefficient (Wildman–Crippen LogP) is 0.572.